The quantitative estimate of drug-likeness (QED) is 0.699. The Hall–Kier alpha value is -0.990. The summed E-state index contributed by atoms with van der Waals surface area (Å²) in [5.74, 6) is 1.01. The number of rotatable bonds is 5. The molecule has 3 nitrogen and oxygen atoms in total. The third-order valence-corrected chi connectivity index (χ3v) is 4.06. The number of carbonyl (C=O) groups excluding carboxylic acids is 1. The SMILES string of the molecule is CCN(CC)C(=O)OC[C@H]1[C@H](C=C(C)C)C1(C)C. The number of amides is 1. The van der Waals surface area contributed by atoms with E-state index >= 15 is 0 Å². The molecule has 0 aromatic rings. The Morgan fingerprint density at radius 3 is 2.28 bits per heavy atom. The zero-order chi connectivity index (χ0) is 13.9. The van der Waals surface area contributed by atoms with Crippen LogP contribution in [0.2, 0.25) is 0 Å². The summed E-state index contributed by atoms with van der Waals surface area (Å²) in [6.45, 7) is 14.6. The molecule has 18 heavy (non-hydrogen) atoms. The highest BCUT2D eigenvalue weighted by molar-refractivity contribution is 5.67. The van der Waals surface area contributed by atoms with E-state index in [0.29, 0.717) is 31.5 Å². The third-order valence-electron chi connectivity index (χ3n) is 4.06. The molecule has 0 aromatic carbocycles. The van der Waals surface area contributed by atoms with Crippen LogP contribution in [0.5, 0.6) is 0 Å². The van der Waals surface area contributed by atoms with Gasteiger partial charge in [0.25, 0.3) is 0 Å². The van der Waals surface area contributed by atoms with Gasteiger partial charge in [-0.3, -0.25) is 0 Å². The van der Waals surface area contributed by atoms with Crippen molar-refractivity contribution in [2.24, 2.45) is 17.3 Å². The van der Waals surface area contributed by atoms with Crippen molar-refractivity contribution in [1.29, 1.82) is 0 Å². The maximum absolute atomic E-state index is 11.8. The first-order valence-corrected chi connectivity index (χ1v) is 6.91. The lowest BCUT2D eigenvalue weighted by Gasteiger charge is -2.18. The summed E-state index contributed by atoms with van der Waals surface area (Å²) < 4.78 is 5.42. The van der Waals surface area contributed by atoms with Crippen LogP contribution in [-0.4, -0.2) is 30.7 Å². The fraction of sp³-hybridized carbons (Fsp3) is 0.800. The van der Waals surface area contributed by atoms with Crippen molar-refractivity contribution in [2.45, 2.75) is 41.5 Å². The molecule has 1 aliphatic carbocycles. The highest BCUT2D eigenvalue weighted by atomic mass is 16.6. The van der Waals surface area contributed by atoms with Crippen molar-refractivity contribution in [3.05, 3.63) is 11.6 Å². The molecule has 2 atom stereocenters. The van der Waals surface area contributed by atoms with Crippen molar-refractivity contribution in [3.63, 3.8) is 0 Å². The van der Waals surface area contributed by atoms with E-state index in [-0.39, 0.29) is 11.5 Å². The van der Waals surface area contributed by atoms with Gasteiger partial charge >= 0.3 is 6.09 Å². The third kappa shape index (κ3) is 3.27. The molecule has 0 aliphatic heterocycles. The van der Waals surface area contributed by atoms with Gasteiger partial charge in [-0.1, -0.05) is 25.5 Å². The van der Waals surface area contributed by atoms with Gasteiger partial charge in [0.15, 0.2) is 0 Å². The molecule has 3 heteroatoms. The largest absolute Gasteiger partial charge is 0.449 e. The summed E-state index contributed by atoms with van der Waals surface area (Å²) >= 11 is 0. The average Bonchev–Trinajstić information content (AvgIpc) is 2.78. The fourth-order valence-corrected chi connectivity index (χ4v) is 2.53. The Morgan fingerprint density at radius 2 is 1.83 bits per heavy atom. The standard InChI is InChI=1S/C15H27NO2/c1-7-16(8-2)14(17)18-10-13-12(9-11(3)4)15(13,5)6/h9,12-13H,7-8,10H2,1-6H3/t12-,13-/m0/s1. The number of allylic oxidation sites excluding steroid dienone is 2. The van der Waals surface area contributed by atoms with Gasteiger partial charge in [-0.2, -0.15) is 0 Å². The van der Waals surface area contributed by atoms with Gasteiger partial charge in [-0.05, 0) is 39.0 Å². The van der Waals surface area contributed by atoms with Gasteiger partial charge in [0.2, 0.25) is 0 Å². The lowest BCUT2D eigenvalue weighted by atomic mass is 10.1. The summed E-state index contributed by atoms with van der Waals surface area (Å²) in [6, 6.07) is 0. The van der Waals surface area contributed by atoms with Crippen molar-refractivity contribution < 1.29 is 9.53 Å². The number of nitrogens with zero attached hydrogens (tertiary/aromatic N) is 1. The van der Waals surface area contributed by atoms with Crippen LogP contribution in [0.1, 0.15) is 41.5 Å². The molecule has 104 valence electrons. The topological polar surface area (TPSA) is 29.5 Å². The first kappa shape index (κ1) is 15.1. The van der Waals surface area contributed by atoms with E-state index in [1.54, 1.807) is 4.90 Å². The predicted octanol–water partition coefficient (Wildman–Crippen LogP) is 3.70. The Balaban J connectivity index is 2.46. The average molecular weight is 253 g/mol. The van der Waals surface area contributed by atoms with Gasteiger partial charge in [-0.25, -0.2) is 4.79 Å². The second kappa shape index (κ2) is 5.77. The van der Waals surface area contributed by atoms with Gasteiger partial charge < -0.3 is 9.64 Å². The molecule has 1 rings (SSSR count). The first-order chi connectivity index (χ1) is 8.34. The molecule has 1 aliphatic rings. The molecule has 1 amide bonds. The number of carbonyl (C=O) groups is 1. The van der Waals surface area contributed by atoms with E-state index in [1.807, 2.05) is 13.8 Å². The normalized spacial score (nSPS) is 24.3. The van der Waals surface area contributed by atoms with E-state index < -0.39 is 0 Å². The second-order valence-corrected chi connectivity index (χ2v) is 5.95. The van der Waals surface area contributed by atoms with Crippen molar-refractivity contribution >= 4 is 6.09 Å². The monoisotopic (exact) mass is 253 g/mol. The molecule has 1 saturated carbocycles. The van der Waals surface area contributed by atoms with E-state index in [1.165, 1.54) is 5.57 Å². The number of hydrogen-bond donors (Lipinski definition) is 0. The highest BCUT2D eigenvalue weighted by Crippen LogP contribution is 2.59. The van der Waals surface area contributed by atoms with Crippen LogP contribution < -0.4 is 0 Å². The lowest BCUT2D eigenvalue weighted by Crippen LogP contribution is -2.31. The first-order valence-electron chi connectivity index (χ1n) is 6.91. The van der Waals surface area contributed by atoms with Crippen molar-refractivity contribution in [3.8, 4) is 0 Å². The Labute approximate surface area is 111 Å². The molecule has 0 saturated heterocycles. The van der Waals surface area contributed by atoms with Gasteiger partial charge in [-0.15, -0.1) is 0 Å². The van der Waals surface area contributed by atoms with Crippen LogP contribution in [0, 0.1) is 17.3 Å². The van der Waals surface area contributed by atoms with E-state index in [9.17, 15) is 4.79 Å². The summed E-state index contributed by atoms with van der Waals surface area (Å²) in [5.41, 5.74) is 1.60. The maximum atomic E-state index is 11.8. The van der Waals surface area contributed by atoms with Gasteiger partial charge in [0.05, 0.1) is 6.61 Å². The zero-order valence-corrected chi connectivity index (χ0v) is 12.6. The molecule has 0 bridgehead atoms. The van der Waals surface area contributed by atoms with E-state index in [0.717, 1.165) is 0 Å². The van der Waals surface area contributed by atoms with E-state index in [4.69, 9.17) is 4.74 Å². The van der Waals surface area contributed by atoms with Crippen LogP contribution in [-0.2, 0) is 4.74 Å². The predicted molar refractivity (Wildman–Crippen MR) is 74.5 cm³/mol. The van der Waals surface area contributed by atoms with Crippen LogP contribution in [0.15, 0.2) is 11.6 Å². The lowest BCUT2D eigenvalue weighted by molar-refractivity contribution is 0.0981. The smallest absolute Gasteiger partial charge is 0.409 e. The molecule has 0 unspecified atom stereocenters. The maximum Gasteiger partial charge on any atom is 0.409 e. The van der Waals surface area contributed by atoms with Crippen LogP contribution in [0.3, 0.4) is 0 Å². The molecule has 0 radical (unpaired) electrons. The van der Waals surface area contributed by atoms with Crippen LogP contribution >= 0.6 is 0 Å². The van der Waals surface area contributed by atoms with Crippen molar-refractivity contribution in [2.75, 3.05) is 19.7 Å². The molecule has 0 aromatic heterocycles. The molecule has 0 N–H and O–H groups in total. The number of ether oxygens (including phenoxy) is 1. The van der Waals surface area contributed by atoms with Crippen LogP contribution in [0.4, 0.5) is 4.79 Å². The van der Waals surface area contributed by atoms with Crippen molar-refractivity contribution in [1.82, 2.24) is 4.90 Å². The number of hydrogen-bond acceptors (Lipinski definition) is 2. The fourth-order valence-electron chi connectivity index (χ4n) is 2.53. The second-order valence-electron chi connectivity index (χ2n) is 5.95. The summed E-state index contributed by atoms with van der Waals surface area (Å²) in [5, 5.41) is 0. The Morgan fingerprint density at radius 1 is 1.28 bits per heavy atom. The van der Waals surface area contributed by atoms with E-state index in [2.05, 4.69) is 33.8 Å². The minimum atomic E-state index is -0.182. The van der Waals surface area contributed by atoms with Crippen LogP contribution in [0.25, 0.3) is 0 Å². The molecular formula is C15H27NO2. The zero-order valence-electron chi connectivity index (χ0n) is 12.6. The van der Waals surface area contributed by atoms with Gasteiger partial charge in [0.1, 0.15) is 0 Å². The summed E-state index contributed by atoms with van der Waals surface area (Å²) in [4.78, 5) is 13.5. The minimum Gasteiger partial charge on any atom is -0.449 e. The highest BCUT2D eigenvalue weighted by Gasteiger charge is 2.56. The summed E-state index contributed by atoms with van der Waals surface area (Å²) in [6.07, 6.45) is 2.12. The minimum absolute atomic E-state index is 0.182. The molecule has 1 fully saturated rings. The Kier molecular flexibility index (Phi) is 4.83. The summed E-state index contributed by atoms with van der Waals surface area (Å²) in [7, 11) is 0. The Bertz CT molecular complexity index is 325. The molecular weight excluding hydrogens is 226 g/mol. The molecule has 0 heterocycles. The van der Waals surface area contributed by atoms with Gasteiger partial charge in [0, 0.05) is 19.0 Å². The molecule has 0 spiro atoms.